The molecule has 1 heterocycles. The summed E-state index contributed by atoms with van der Waals surface area (Å²) in [5, 5.41) is 5.21. The van der Waals surface area contributed by atoms with Crippen LogP contribution in [0.2, 0.25) is 0 Å². The third-order valence-corrected chi connectivity index (χ3v) is 4.37. The summed E-state index contributed by atoms with van der Waals surface area (Å²) in [6.07, 6.45) is 1.34. The van der Waals surface area contributed by atoms with Crippen LogP contribution in [0.1, 0.15) is 10.4 Å². The number of carbonyl (C=O) groups is 1. The molecule has 0 aliphatic rings. The molecule has 0 radical (unpaired) electrons. The Morgan fingerprint density at radius 3 is 2.55 bits per heavy atom. The maximum absolute atomic E-state index is 12.0. The van der Waals surface area contributed by atoms with Crippen molar-refractivity contribution < 1.29 is 14.3 Å². The molecular weight excluding hydrogens is 368 g/mol. The molecule has 0 atom stereocenters. The number of nitrogen functional groups attached to an aromatic ring is 1. The highest BCUT2D eigenvalue weighted by atomic mass is 16.5. The molecule has 0 aliphatic heterocycles. The van der Waals surface area contributed by atoms with Crippen LogP contribution >= 0.6 is 0 Å². The molecule has 1 aromatic heterocycles. The lowest BCUT2D eigenvalue weighted by atomic mass is 10.1. The van der Waals surface area contributed by atoms with E-state index in [1.807, 2.05) is 42.5 Å². The van der Waals surface area contributed by atoms with Crippen molar-refractivity contribution in [2.45, 2.75) is 0 Å². The fourth-order valence-electron chi connectivity index (χ4n) is 2.91. The summed E-state index contributed by atoms with van der Waals surface area (Å²) in [5.74, 6) is 0.684. The standard InChI is InChI=1S/C22H18N4O3/c1-28-22(27)17-8-4-5-9-18(17)26-20-19(23)21(25-13-24-20)29-16-11-10-14-6-2-3-7-15(14)12-16/h2-13H,23H2,1H3,(H,24,25,26). The number of hydrogen-bond donors (Lipinski definition) is 2. The SMILES string of the molecule is COC(=O)c1ccccc1Nc1ncnc(Oc2ccc3ccccc3c2)c1N. The first-order valence-corrected chi connectivity index (χ1v) is 8.87. The Bertz CT molecular complexity index is 1190. The second kappa shape index (κ2) is 7.85. The summed E-state index contributed by atoms with van der Waals surface area (Å²) in [7, 11) is 1.33. The molecule has 0 spiro atoms. The van der Waals surface area contributed by atoms with Crippen molar-refractivity contribution in [1.82, 2.24) is 9.97 Å². The molecule has 3 N–H and O–H groups in total. The Labute approximate surface area is 167 Å². The third-order valence-electron chi connectivity index (χ3n) is 4.37. The Balaban J connectivity index is 1.63. The second-order valence-corrected chi connectivity index (χ2v) is 6.21. The first-order chi connectivity index (χ1) is 14.2. The Kier molecular flexibility index (Phi) is 4.94. The summed E-state index contributed by atoms with van der Waals surface area (Å²) >= 11 is 0. The maximum atomic E-state index is 12.0. The van der Waals surface area contributed by atoms with E-state index in [0.717, 1.165) is 10.8 Å². The zero-order valence-electron chi connectivity index (χ0n) is 15.6. The number of rotatable bonds is 5. The fraction of sp³-hybridized carbons (Fsp3) is 0.0455. The van der Waals surface area contributed by atoms with Gasteiger partial charge in [-0.2, -0.15) is 4.98 Å². The molecule has 0 saturated carbocycles. The lowest BCUT2D eigenvalue weighted by molar-refractivity contribution is 0.0602. The lowest BCUT2D eigenvalue weighted by Gasteiger charge is -2.13. The quantitative estimate of drug-likeness (QED) is 0.486. The normalized spacial score (nSPS) is 10.5. The first-order valence-electron chi connectivity index (χ1n) is 8.87. The number of esters is 1. The molecule has 0 amide bonds. The van der Waals surface area contributed by atoms with Gasteiger partial charge >= 0.3 is 5.97 Å². The average molecular weight is 386 g/mol. The van der Waals surface area contributed by atoms with E-state index >= 15 is 0 Å². The number of nitrogens with two attached hydrogens (primary N) is 1. The van der Waals surface area contributed by atoms with Crippen LogP contribution in [0.4, 0.5) is 17.2 Å². The summed E-state index contributed by atoms with van der Waals surface area (Å²) < 4.78 is 10.7. The van der Waals surface area contributed by atoms with E-state index in [1.165, 1.54) is 13.4 Å². The van der Waals surface area contributed by atoms with Gasteiger partial charge in [0.1, 0.15) is 17.8 Å². The van der Waals surface area contributed by atoms with Crippen LogP contribution in [0.25, 0.3) is 10.8 Å². The first kappa shape index (κ1) is 18.2. The molecule has 4 rings (SSSR count). The molecule has 0 unspecified atom stereocenters. The van der Waals surface area contributed by atoms with Crippen LogP contribution in [-0.4, -0.2) is 23.0 Å². The molecular formula is C22H18N4O3. The van der Waals surface area contributed by atoms with Gasteiger partial charge in [-0.05, 0) is 35.0 Å². The Morgan fingerprint density at radius 1 is 0.966 bits per heavy atom. The van der Waals surface area contributed by atoms with Crippen molar-refractivity contribution in [2.24, 2.45) is 0 Å². The highest BCUT2D eigenvalue weighted by Gasteiger charge is 2.15. The van der Waals surface area contributed by atoms with Gasteiger partial charge in [0, 0.05) is 0 Å². The summed E-state index contributed by atoms with van der Waals surface area (Å²) in [4.78, 5) is 20.3. The zero-order chi connectivity index (χ0) is 20.2. The molecule has 0 bridgehead atoms. The van der Waals surface area contributed by atoms with E-state index in [-0.39, 0.29) is 11.6 Å². The Morgan fingerprint density at radius 2 is 1.72 bits per heavy atom. The highest BCUT2D eigenvalue weighted by molar-refractivity contribution is 5.96. The van der Waals surface area contributed by atoms with E-state index in [0.29, 0.717) is 22.8 Å². The topological polar surface area (TPSA) is 99.4 Å². The number of anilines is 3. The van der Waals surface area contributed by atoms with Crippen molar-refractivity contribution in [1.29, 1.82) is 0 Å². The van der Waals surface area contributed by atoms with Gasteiger partial charge in [-0.1, -0.05) is 42.5 Å². The van der Waals surface area contributed by atoms with Gasteiger partial charge in [0.15, 0.2) is 5.82 Å². The van der Waals surface area contributed by atoms with Crippen LogP contribution in [0.15, 0.2) is 73.1 Å². The number of fused-ring (bicyclic) bond motifs is 1. The third kappa shape index (κ3) is 3.79. The predicted molar refractivity (Wildman–Crippen MR) is 112 cm³/mol. The molecule has 0 saturated heterocycles. The van der Waals surface area contributed by atoms with Crippen LogP contribution in [-0.2, 0) is 4.74 Å². The van der Waals surface area contributed by atoms with Gasteiger partial charge in [0.05, 0.1) is 18.4 Å². The van der Waals surface area contributed by atoms with Gasteiger partial charge in [-0.3, -0.25) is 0 Å². The Hall–Kier alpha value is -4.13. The van der Waals surface area contributed by atoms with E-state index in [2.05, 4.69) is 15.3 Å². The number of carbonyl (C=O) groups excluding carboxylic acids is 1. The van der Waals surface area contributed by atoms with Crippen molar-refractivity contribution in [3.05, 3.63) is 78.6 Å². The zero-order valence-corrected chi connectivity index (χ0v) is 15.6. The van der Waals surface area contributed by atoms with Crippen LogP contribution in [0.3, 0.4) is 0 Å². The molecule has 144 valence electrons. The van der Waals surface area contributed by atoms with Gasteiger partial charge in [0.25, 0.3) is 0 Å². The molecule has 7 heteroatoms. The maximum Gasteiger partial charge on any atom is 0.339 e. The number of methoxy groups -OCH3 is 1. The van der Waals surface area contributed by atoms with Gasteiger partial charge < -0.3 is 20.5 Å². The number of aromatic nitrogens is 2. The number of nitrogens with one attached hydrogen (secondary N) is 1. The molecule has 29 heavy (non-hydrogen) atoms. The van der Waals surface area contributed by atoms with Crippen molar-refractivity contribution in [2.75, 3.05) is 18.2 Å². The molecule has 0 fully saturated rings. The van der Waals surface area contributed by atoms with Gasteiger partial charge in [0.2, 0.25) is 5.88 Å². The van der Waals surface area contributed by atoms with E-state index < -0.39 is 5.97 Å². The van der Waals surface area contributed by atoms with Crippen LogP contribution in [0.5, 0.6) is 11.6 Å². The number of nitrogens with zero attached hydrogens (tertiary/aromatic N) is 2. The number of hydrogen-bond acceptors (Lipinski definition) is 7. The minimum atomic E-state index is -0.464. The minimum Gasteiger partial charge on any atom is -0.465 e. The molecule has 7 nitrogen and oxygen atoms in total. The van der Waals surface area contributed by atoms with Crippen molar-refractivity contribution in [3.8, 4) is 11.6 Å². The molecule has 3 aromatic carbocycles. The predicted octanol–water partition coefficient (Wildman–Crippen LogP) is 4.53. The monoisotopic (exact) mass is 386 g/mol. The van der Waals surface area contributed by atoms with Gasteiger partial charge in [-0.15, -0.1) is 0 Å². The molecule has 0 aliphatic carbocycles. The lowest BCUT2D eigenvalue weighted by Crippen LogP contribution is -2.08. The van der Waals surface area contributed by atoms with E-state index in [4.69, 9.17) is 15.2 Å². The summed E-state index contributed by atoms with van der Waals surface area (Å²) in [5.41, 5.74) is 7.33. The van der Waals surface area contributed by atoms with Crippen molar-refractivity contribution in [3.63, 3.8) is 0 Å². The highest BCUT2D eigenvalue weighted by Crippen LogP contribution is 2.32. The number of para-hydroxylation sites is 1. The smallest absolute Gasteiger partial charge is 0.339 e. The van der Waals surface area contributed by atoms with Crippen LogP contribution in [0, 0.1) is 0 Å². The number of benzene rings is 3. The van der Waals surface area contributed by atoms with E-state index in [9.17, 15) is 4.79 Å². The molecule has 4 aromatic rings. The largest absolute Gasteiger partial charge is 0.465 e. The summed E-state index contributed by atoms with van der Waals surface area (Å²) in [6.45, 7) is 0. The second-order valence-electron chi connectivity index (χ2n) is 6.21. The number of ether oxygens (including phenoxy) is 2. The van der Waals surface area contributed by atoms with E-state index in [1.54, 1.807) is 24.3 Å². The average Bonchev–Trinajstić information content (AvgIpc) is 2.76. The van der Waals surface area contributed by atoms with Crippen molar-refractivity contribution >= 4 is 33.9 Å². The van der Waals surface area contributed by atoms with Gasteiger partial charge in [-0.25, -0.2) is 9.78 Å². The van der Waals surface area contributed by atoms with Crippen LogP contribution < -0.4 is 15.8 Å². The fourth-order valence-corrected chi connectivity index (χ4v) is 2.91. The summed E-state index contributed by atoms with van der Waals surface area (Å²) in [6, 6.07) is 20.6. The minimum absolute atomic E-state index is 0.216.